The average molecular weight is 426 g/mol. The average Bonchev–Trinajstić information content (AvgIpc) is 3.38. The van der Waals surface area contributed by atoms with Gasteiger partial charge in [-0.3, -0.25) is 9.59 Å². The van der Waals surface area contributed by atoms with Crippen LogP contribution in [-0.4, -0.2) is 32.3 Å². The van der Waals surface area contributed by atoms with Gasteiger partial charge in [-0.25, -0.2) is 0 Å². The highest BCUT2D eigenvalue weighted by atomic mass is 32.2. The van der Waals surface area contributed by atoms with E-state index in [1.165, 1.54) is 23.6 Å². The van der Waals surface area contributed by atoms with E-state index in [-0.39, 0.29) is 29.9 Å². The highest BCUT2D eigenvalue weighted by Gasteiger charge is 2.15. The normalized spacial score (nSPS) is 10.6. The molecule has 2 amide bonds. The van der Waals surface area contributed by atoms with E-state index >= 15 is 0 Å². The highest BCUT2D eigenvalue weighted by molar-refractivity contribution is 7.99. The van der Waals surface area contributed by atoms with Crippen molar-refractivity contribution in [3.8, 4) is 0 Å². The van der Waals surface area contributed by atoms with Gasteiger partial charge in [0.25, 0.3) is 5.91 Å². The maximum absolute atomic E-state index is 12.3. The van der Waals surface area contributed by atoms with Crippen molar-refractivity contribution in [3.63, 3.8) is 0 Å². The third-order valence-electron chi connectivity index (χ3n) is 4.38. The van der Waals surface area contributed by atoms with Crippen molar-refractivity contribution in [1.82, 2.24) is 20.1 Å². The van der Waals surface area contributed by atoms with Crippen LogP contribution in [0.3, 0.4) is 0 Å². The molecule has 0 saturated carbocycles. The minimum Gasteiger partial charge on any atom is -0.459 e. The summed E-state index contributed by atoms with van der Waals surface area (Å²) in [6, 6.07) is 9.02. The Labute approximate surface area is 178 Å². The standard InChI is InChI=1S/C21H23N5O3S/c1-4-9-26-18(12-22-20(28)17-6-5-10-29-17)24-25-21(26)30-13-19(27)23-16-8-7-14(2)15(3)11-16/h4-8,10-11H,1,9,12-13H2,2-3H3,(H,22,28)(H,23,27). The molecule has 156 valence electrons. The number of aromatic nitrogens is 3. The topological polar surface area (TPSA) is 102 Å². The van der Waals surface area contributed by atoms with Gasteiger partial charge in [0.15, 0.2) is 16.7 Å². The number of amides is 2. The van der Waals surface area contributed by atoms with Crippen molar-refractivity contribution in [1.29, 1.82) is 0 Å². The number of anilines is 1. The Hall–Kier alpha value is -3.33. The molecular formula is C21H23N5O3S. The number of nitrogens with one attached hydrogen (secondary N) is 2. The third kappa shape index (κ3) is 5.38. The summed E-state index contributed by atoms with van der Waals surface area (Å²) < 4.78 is 6.88. The minimum atomic E-state index is -0.338. The second kappa shape index (κ2) is 9.93. The minimum absolute atomic E-state index is 0.135. The van der Waals surface area contributed by atoms with Gasteiger partial charge in [0.05, 0.1) is 18.6 Å². The molecule has 8 nitrogen and oxygen atoms in total. The summed E-state index contributed by atoms with van der Waals surface area (Å²) in [7, 11) is 0. The molecule has 9 heteroatoms. The molecule has 0 bridgehead atoms. The monoisotopic (exact) mass is 425 g/mol. The second-order valence-electron chi connectivity index (χ2n) is 6.59. The Morgan fingerprint density at radius 3 is 2.77 bits per heavy atom. The van der Waals surface area contributed by atoms with Crippen LogP contribution in [-0.2, 0) is 17.9 Å². The van der Waals surface area contributed by atoms with E-state index in [9.17, 15) is 9.59 Å². The second-order valence-corrected chi connectivity index (χ2v) is 7.54. The van der Waals surface area contributed by atoms with Crippen LogP contribution in [0.25, 0.3) is 0 Å². The van der Waals surface area contributed by atoms with Crippen molar-refractivity contribution in [2.24, 2.45) is 0 Å². The first kappa shape index (κ1) is 21.4. The molecule has 0 aliphatic heterocycles. The fraction of sp³-hybridized carbons (Fsp3) is 0.238. The number of allylic oxidation sites excluding steroid dienone is 1. The highest BCUT2D eigenvalue weighted by Crippen LogP contribution is 2.19. The first-order chi connectivity index (χ1) is 14.5. The van der Waals surface area contributed by atoms with E-state index in [1.807, 2.05) is 36.6 Å². The summed E-state index contributed by atoms with van der Waals surface area (Å²) in [4.78, 5) is 24.4. The Kier molecular flexibility index (Phi) is 7.08. The summed E-state index contributed by atoms with van der Waals surface area (Å²) >= 11 is 1.27. The maximum Gasteiger partial charge on any atom is 0.287 e. The molecule has 3 rings (SSSR count). The van der Waals surface area contributed by atoms with Crippen molar-refractivity contribution in [2.45, 2.75) is 32.1 Å². The van der Waals surface area contributed by atoms with E-state index in [1.54, 1.807) is 18.2 Å². The molecule has 2 heterocycles. The zero-order valence-electron chi connectivity index (χ0n) is 16.8. The molecule has 0 saturated heterocycles. The van der Waals surface area contributed by atoms with Crippen molar-refractivity contribution < 1.29 is 14.0 Å². The first-order valence-corrected chi connectivity index (χ1v) is 10.3. The third-order valence-corrected chi connectivity index (χ3v) is 5.35. The molecule has 3 aromatic rings. The van der Waals surface area contributed by atoms with Gasteiger partial charge in [0.2, 0.25) is 5.91 Å². The summed E-state index contributed by atoms with van der Waals surface area (Å²) in [6.07, 6.45) is 3.15. The first-order valence-electron chi connectivity index (χ1n) is 9.32. The van der Waals surface area contributed by atoms with Crippen LogP contribution in [0.15, 0.2) is 58.8 Å². The fourth-order valence-electron chi connectivity index (χ4n) is 2.67. The van der Waals surface area contributed by atoms with E-state index < -0.39 is 0 Å². The largest absolute Gasteiger partial charge is 0.459 e. The number of rotatable bonds is 9. The lowest BCUT2D eigenvalue weighted by Gasteiger charge is -2.09. The van der Waals surface area contributed by atoms with Crippen LogP contribution >= 0.6 is 11.8 Å². The van der Waals surface area contributed by atoms with Crippen LogP contribution in [0.4, 0.5) is 5.69 Å². The van der Waals surface area contributed by atoms with E-state index in [2.05, 4.69) is 27.4 Å². The van der Waals surface area contributed by atoms with E-state index in [4.69, 9.17) is 4.42 Å². The number of carbonyl (C=O) groups is 2. The van der Waals surface area contributed by atoms with Crippen molar-refractivity contribution in [2.75, 3.05) is 11.1 Å². The molecule has 1 aromatic carbocycles. The Balaban J connectivity index is 1.59. The number of carbonyl (C=O) groups excluding carboxylic acids is 2. The van der Waals surface area contributed by atoms with Crippen LogP contribution in [0.1, 0.15) is 27.5 Å². The molecule has 2 N–H and O–H groups in total. The molecular weight excluding hydrogens is 402 g/mol. The van der Waals surface area contributed by atoms with Crippen LogP contribution in [0.5, 0.6) is 0 Å². The van der Waals surface area contributed by atoms with Gasteiger partial charge in [-0.2, -0.15) is 0 Å². The zero-order valence-corrected chi connectivity index (χ0v) is 17.7. The number of aryl methyl sites for hydroxylation is 2. The number of furan rings is 1. The number of hydrogen-bond donors (Lipinski definition) is 2. The smallest absolute Gasteiger partial charge is 0.287 e. The summed E-state index contributed by atoms with van der Waals surface area (Å²) in [5, 5.41) is 14.5. The zero-order chi connectivity index (χ0) is 21.5. The van der Waals surface area contributed by atoms with Crippen LogP contribution < -0.4 is 10.6 Å². The fourth-order valence-corrected chi connectivity index (χ4v) is 3.44. The number of hydrogen-bond acceptors (Lipinski definition) is 6. The Morgan fingerprint density at radius 1 is 1.23 bits per heavy atom. The summed E-state index contributed by atoms with van der Waals surface area (Å²) in [5.74, 6) is 0.495. The van der Waals surface area contributed by atoms with Gasteiger partial charge in [-0.1, -0.05) is 23.9 Å². The molecule has 0 aliphatic carbocycles. The Bertz CT molecular complexity index is 1040. The molecule has 0 radical (unpaired) electrons. The summed E-state index contributed by atoms with van der Waals surface area (Å²) in [6.45, 7) is 8.42. The van der Waals surface area contributed by atoms with Gasteiger partial charge >= 0.3 is 0 Å². The molecule has 30 heavy (non-hydrogen) atoms. The lowest BCUT2D eigenvalue weighted by Crippen LogP contribution is -2.24. The van der Waals surface area contributed by atoms with E-state index in [0.29, 0.717) is 17.5 Å². The summed E-state index contributed by atoms with van der Waals surface area (Å²) in [5.41, 5.74) is 3.05. The molecule has 0 fully saturated rings. The van der Waals surface area contributed by atoms with Crippen molar-refractivity contribution >= 4 is 29.3 Å². The van der Waals surface area contributed by atoms with Gasteiger partial charge in [-0.05, 0) is 49.2 Å². The van der Waals surface area contributed by atoms with Gasteiger partial charge in [-0.15, -0.1) is 16.8 Å². The lowest BCUT2D eigenvalue weighted by molar-refractivity contribution is -0.113. The molecule has 2 aromatic heterocycles. The molecule has 0 unspecified atom stereocenters. The quantitative estimate of drug-likeness (QED) is 0.403. The van der Waals surface area contributed by atoms with Gasteiger partial charge < -0.3 is 19.6 Å². The number of benzene rings is 1. The van der Waals surface area contributed by atoms with Gasteiger partial charge in [0.1, 0.15) is 0 Å². The van der Waals surface area contributed by atoms with Crippen molar-refractivity contribution in [3.05, 3.63) is 72.0 Å². The Morgan fingerprint density at radius 2 is 2.07 bits per heavy atom. The number of thioether (sulfide) groups is 1. The van der Waals surface area contributed by atoms with E-state index in [0.717, 1.165) is 11.3 Å². The van der Waals surface area contributed by atoms with Gasteiger partial charge in [0, 0.05) is 12.2 Å². The van der Waals surface area contributed by atoms with Crippen LogP contribution in [0, 0.1) is 13.8 Å². The SMILES string of the molecule is C=CCn1c(CNC(=O)c2ccco2)nnc1SCC(=O)Nc1ccc(C)c(C)c1. The lowest BCUT2D eigenvalue weighted by atomic mass is 10.1. The maximum atomic E-state index is 12.3. The number of nitrogens with zero attached hydrogens (tertiary/aromatic N) is 3. The molecule has 0 spiro atoms. The predicted octanol–water partition coefficient (Wildman–Crippen LogP) is 3.33. The van der Waals surface area contributed by atoms with Crippen LogP contribution in [0.2, 0.25) is 0 Å². The molecule has 0 aliphatic rings. The predicted molar refractivity (Wildman–Crippen MR) is 115 cm³/mol. The molecule has 0 atom stereocenters.